The van der Waals surface area contributed by atoms with Crippen molar-refractivity contribution in [3.8, 4) is 0 Å². The monoisotopic (exact) mass is 200 g/mol. The van der Waals surface area contributed by atoms with Crippen molar-refractivity contribution in [3.63, 3.8) is 0 Å². The maximum absolute atomic E-state index is 5.58. The number of rotatable bonds is 4. The van der Waals surface area contributed by atoms with Crippen LogP contribution in [0.15, 0.2) is 0 Å². The molecule has 2 atom stereocenters. The molecule has 0 aromatic carbocycles. The normalized spacial score (nSPS) is 28.7. The zero-order chi connectivity index (χ0) is 10.6. The highest BCUT2D eigenvalue weighted by molar-refractivity contribution is 4.89. The summed E-state index contributed by atoms with van der Waals surface area (Å²) < 4.78 is 5.20. The first kappa shape index (κ1) is 12.0. The first-order valence-corrected chi connectivity index (χ1v) is 5.57. The van der Waals surface area contributed by atoms with Crippen molar-refractivity contribution in [2.75, 3.05) is 13.7 Å². The molecule has 84 valence electrons. The molecule has 0 aromatic heterocycles. The Hall–Kier alpha value is -0.120. The predicted octanol–water partition coefficient (Wildman–Crippen LogP) is 1.68. The summed E-state index contributed by atoms with van der Waals surface area (Å²) >= 11 is 0. The molecule has 0 saturated heterocycles. The Bertz CT molecular complexity index is 171. The number of nitrogens with two attached hydrogens (primary N) is 1. The maximum Gasteiger partial charge on any atom is 0.0632 e. The fourth-order valence-electron chi connectivity index (χ4n) is 2.73. The molecule has 14 heavy (non-hydrogen) atoms. The lowest BCUT2D eigenvalue weighted by Crippen LogP contribution is -2.49. The van der Waals surface area contributed by atoms with Crippen LogP contribution in [0.4, 0.5) is 0 Å². The lowest BCUT2D eigenvalue weighted by atomic mass is 9.66. The zero-order valence-electron chi connectivity index (χ0n) is 9.68. The second-order valence-corrected chi connectivity index (χ2v) is 5.07. The van der Waals surface area contributed by atoms with Crippen molar-refractivity contribution >= 4 is 0 Å². The number of ether oxygens (including phenoxy) is 1. The van der Waals surface area contributed by atoms with Crippen molar-refractivity contribution in [2.24, 2.45) is 17.2 Å². The van der Waals surface area contributed by atoms with Crippen LogP contribution in [0, 0.1) is 11.3 Å². The van der Waals surface area contributed by atoms with Gasteiger partial charge in [-0.15, -0.1) is 0 Å². The van der Waals surface area contributed by atoms with Crippen molar-refractivity contribution in [1.82, 2.24) is 5.43 Å². The van der Waals surface area contributed by atoms with Gasteiger partial charge in [-0.2, -0.15) is 0 Å². The third-order valence-electron chi connectivity index (χ3n) is 3.64. The molecule has 1 rings (SSSR count). The number of methoxy groups -OCH3 is 1. The summed E-state index contributed by atoms with van der Waals surface area (Å²) in [6, 6.07) is 0.301. The Labute approximate surface area is 87.4 Å². The Morgan fingerprint density at radius 2 is 2.21 bits per heavy atom. The van der Waals surface area contributed by atoms with Gasteiger partial charge in [0.15, 0.2) is 0 Å². The van der Waals surface area contributed by atoms with E-state index in [-0.39, 0.29) is 0 Å². The van der Waals surface area contributed by atoms with Crippen LogP contribution >= 0.6 is 0 Å². The quantitative estimate of drug-likeness (QED) is 0.536. The van der Waals surface area contributed by atoms with Gasteiger partial charge in [0.25, 0.3) is 0 Å². The van der Waals surface area contributed by atoms with E-state index in [0.29, 0.717) is 24.0 Å². The van der Waals surface area contributed by atoms with E-state index >= 15 is 0 Å². The van der Waals surface area contributed by atoms with Crippen LogP contribution in [0.1, 0.15) is 39.5 Å². The minimum atomic E-state index is 0.301. The molecular formula is C11H24N2O. The first-order chi connectivity index (χ1) is 6.61. The molecule has 0 heterocycles. The Morgan fingerprint density at radius 3 is 2.71 bits per heavy atom. The van der Waals surface area contributed by atoms with Crippen molar-refractivity contribution < 1.29 is 4.74 Å². The summed E-state index contributed by atoms with van der Waals surface area (Å²) in [7, 11) is 1.74. The molecule has 1 aliphatic carbocycles. The molecule has 0 aliphatic heterocycles. The Kier molecular flexibility index (Phi) is 4.35. The van der Waals surface area contributed by atoms with Gasteiger partial charge in [0.1, 0.15) is 0 Å². The van der Waals surface area contributed by atoms with Crippen LogP contribution in [0.2, 0.25) is 0 Å². The largest absolute Gasteiger partial charge is 0.383 e. The summed E-state index contributed by atoms with van der Waals surface area (Å²) in [5.74, 6) is 6.22. The summed E-state index contributed by atoms with van der Waals surface area (Å²) in [6.07, 6.45) is 5.26. The molecule has 0 aromatic rings. The molecule has 1 fully saturated rings. The van der Waals surface area contributed by atoms with E-state index < -0.39 is 0 Å². The molecule has 3 nitrogen and oxygen atoms in total. The molecule has 2 unspecified atom stereocenters. The number of nitrogens with one attached hydrogen (secondary N) is 1. The lowest BCUT2D eigenvalue weighted by molar-refractivity contribution is 0.0541. The third kappa shape index (κ3) is 2.69. The highest BCUT2D eigenvalue weighted by Gasteiger charge is 2.36. The molecule has 0 radical (unpaired) electrons. The van der Waals surface area contributed by atoms with Gasteiger partial charge < -0.3 is 4.74 Å². The van der Waals surface area contributed by atoms with Crippen LogP contribution in [0.5, 0.6) is 0 Å². The molecular weight excluding hydrogens is 176 g/mol. The van der Waals surface area contributed by atoms with Crippen LogP contribution in [0.3, 0.4) is 0 Å². The molecule has 0 bridgehead atoms. The molecule has 1 saturated carbocycles. The van der Waals surface area contributed by atoms with Gasteiger partial charge in [0.05, 0.1) is 6.61 Å². The highest BCUT2D eigenvalue weighted by Crippen LogP contribution is 2.42. The molecule has 0 spiro atoms. The van der Waals surface area contributed by atoms with E-state index in [0.717, 1.165) is 0 Å². The maximum atomic E-state index is 5.58. The van der Waals surface area contributed by atoms with E-state index in [9.17, 15) is 0 Å². The molecule has 3 heteroatoms. The third-order valence-corrected chi connectivity index (χ3v) is 3.64. The number of hydrazine groups is 1. The minimum absolute atomic E-state index is 0.301. The Morgan fingerprint density at radius 1 is 1.50 bits per heavy atom. The van der Waals surface area contributed by atoms with Crippen LogP contribution in [0.25, 0.3) is 0 Å². The second kappa shape index (κ2) is 5.10. The SMILES string of the molecule is COCC(NN)C1CCCCC1(C)C. The lowest BCUT2D eigenvalue weighted by Gasteiger charge is -2.42. The van der Waals surface area contributed by atoms with Crippen LogP contribution < -0.4 is 11.3 Å². The van der Waals surface area contributed by atoms with E-state index in [1.165, 1.54) is 25.7 Å². The fraction of sp³-hybridized carbons (Fsp3) is 1.00. The van der Waals surface area contributed by atoms with Gasteiger partial charge in [0, 0.05) is 13.2 Å². The van der Waals surface area contributed by atoms with E-state index in [1.807, 2.05) is 0 Å². The van der Waals surface area contributed by atoms with Crippen molar-refractivity contribution in [1.29, 1.82) is 0 Å². The van der Waals surface area contributed by atoms with Gasteiger partial charge in [-0.1, -0.05) is 26.7 Å². The second-order valence-electron chi connectivity index (χ2n) is 5.07. The number of hydrogen-bond donors (Lipinski definition) is 2. The van der Waals surface area contributed by atoms with Gasteiger partial charge in [-0.05, 0) is 24.2 Å². The van der Waals surface area contributed by atoms with E-state index in [4.69, 9.17) is 10.6 Å². The van der Waals surface area contributed by atoms with Gasteiger partial charge in [0.2, 0.25) is 0 Å². The van der Waals surface area contributed by atoms with Crippen LogP contribution in [-0.2, 0) is 4.74 Å². The summed E-state index contributed by atoms with van der Waals surface area (Å²) in [6.45, 7) is 5.40. The standard InChI is InChI=1S/C11H24N2O/c1-11(2)7-5-4-6-9(11)10(13-12)8-14-3/h9-10,13H,4-8,12H2,1-3H3. The molecule has 3 N–H and O–H groups in total. The molecule has 0 amide bonds. The number of hydrogen-bond acceptors (Lipinski definition) is 3. The topological polar surface area (TPSA) is 47.3 Å². The van der Waals surface area contributed by atoms with Crippen LogP contribution in [-0.4, -0.2) is 19.8 Å². The van der Waals surface area contributed by atoms with Crippen molar-refractivity contribution in [2.45, 2.75) is 45.6 Å². The highest BCUT2D eigenvalue weighted by atomic mass is 16.5. The first-order valence-electron chi connectivity index (χ1n) is 5.57. The van der Waals surface area contributed by atoms with Crippen molar-refractivity contribution in [3.05, 3.63) is 0 Å². The van der Waals surface area contributed by atoms with Gasteiger partial charge in [-0.25, -0.2) is 0 Å². The van der Waals surface area contributed by atoms with Gasteiger partial charge >= 0.3 is 0 Å². The minimum Gasteiger partial charge on any atom is -0.383 e. The van der Waals surface area contributed by atoms with E-state index in [1.54, 1.807) is 7.11 Å². The summed E-state index contributed by atoms with van der Waals surface area (Å²) in [4.78, 5) is 0. The zero-order valence-corrected chi connectivity index (χ0v) is 9.68. The summed E-state index contributed by atoms with van der Waals surface area (Å²) in [5, 5.41) is 0. The van der Waals surface area contributed by atoms with E-state index in [2.05, 4.69) is 19.3 Å². The molecule has 1 aliphatic rings. The smallest absolute Gasteiger partial charge is 0.0632 e. The average molecular weight is 200 g/mol. The predicted molar refractivity (Wildman–Crippen MR) is 58.7 cm³/mol. The summed E-state index contributed by atoms with van der Waals surface area (Å²) in [5.41, 5.74) is 3.30. The average Bonchev–Trinajstić information content (AvgIpc) is 2.14. The fourth-order valence-corrected chi connectivity index (χ4v) is 2.73. The Balaban J connectivity index is 2.61. The van der Waals surface area contributed by atoms with Gasteiger partial charge in [-0.3, -0.25) is 11.3 Å².